The largest absolute Gasteiger partial charge is 0.465 e. The fourth-order valence-electron chi connectivity index (χ4n) is 1.67. The molecule has 20 heavy (non-hydrogen) atoms. The second kappa shape index (κ2) is 6.38. The maximum absolute atomic E-state index is 12.1. The molecule has 0 atom stereocenters. The molecule has 0 bridgehead atoms. The van der Waals surface area contributed by atoms with Crippen molar-refractivity contribution < 1.29 is 19.1 Å². The molecule has 0 unspecified atom stereocenters. The van der Waals surface area contributed by atoms with Crippen LogP contribution in [0.5, 0.6) is 0 Å². The zero-order valence-corrected chi connectivity index (χ0v) is 11.7. The van der Waals surface area contributed by atoms with E-state index in [1.54, 1.807) is 13.0 Å². The second-order valence-corrected chi connectivity index (χ2v) is 4.98. The van der Waals surface area contributed by atoms with Gasteiger partial charge in [-0.2, -0.15) is 0 Å². The summed E-state index contributed by atoms with van der Waals surface area (Å²) in [5.41, 5.74) is 0.828. The zero-order chi connectivity index (χ0) is 14.5. The van der Waals surface area contributed by atoms with E-state index in [4.69, 9.17) is 4.74 Å². The minimum absolute atomic E-state index is 0.217. The van der Waals surface area contributed by atoms with Crippen LogP contribution in [0.2, 0.25) is 0 Å². The number of benzene rings is 1. The maximum atomic E-state index is 12.1. The van der Waals surface area contributed by atoms with Crippen LogP contribution in [0.25, 0.3) is 6.08 Å². The number of imide groups is 1. The number of esters is 1. The zero-order valence-electron chi connectivity index (χ0n) is 10.9. The number of amides is 2. The van der Waals surface area contributed by atoms with Crippen molar-refractivity contribution in [2.75, 3.05) is 13.2 Å². The van der Waals surface area contributed by atoms with Gasteiger partial charge in [0.2, 0.25) is 0 Å². The van der Waals surface area contributed by atoms with Crippen LogP contribution in [-0.2, 0) is 14.3 Å². The number of hydrogen-bond donors (Lipinski definition) is 0. The lowest BCUT2D eigenvalue weighted by molar-refractivity contribution is -0.145. The van der Waals surface area contributed by atoms with Crippen molar-refractivity contribution in [2.45, 2.75) is 6.92 Å². The quantitative estimate of drug-likeness (QED) is 0.629. The summed E-state index contributed by atoms with van der Waals surface area (Å²) in [4.78, 5) is 36.4. The van der Waals surface area contributed by atoms with Gasteiger partial charge >= 0.3 is 5.97 Å². The van der Waals surface area contributed by atoms with Gasteiger partial charge in [0.1, 0.15) is 6.54 Å². The van der Waals surface area contributed by atoms with Crippen molar-refractivity contribution in [2.24, 2.45) is 0 Å². The number of rotatable bonds is 4. The monoisotopic (exact) mass is 291 g/mol. The molecule has 0 radical (unpaired) electrons. The highest BCUT2D eigenvalue weighted by molar-refractivity contribution is 8.18. The first-order valence-electron chi connectivity index (χ1n) is 6.08. The van der Waals surface area contributed by atoms with Crippen molar-refractivity contribution >= 4 is 35.0 Å². The number of ether oxygens (including phenoxy) is 1. The number of carbonyl (C=O) groups is 3. The van der Waals surface area contributed by atoms with E-state index in [2.05, 4.69) is 0 Å². The van der Waals surface area contributed by atoms with Gasteiger partial charge in [0, 0.05) is 0 Å². The molecule has 0 aromatic heterocycles. The Balaban J connectivity index is 2.13. The van der Waals surface area contributed by atoms with Crippen LogP contribution in [-0.4, -0.2) is 35.2 Å². The Morgan fingerprint density at radius 3 is 2.65 bits per heavy atom. The van der Waals surface area contributed by atoms with Gasteiger partial charge in [0.15, 0.2) is 0 Å². The molecule has 1 aliphatic heterocycles. The van der Waals surface area contributed by atoms with E-state index in [-0.39, 0.29) is 13.2 Å². The minimum atomic E-state index is -0.587. The molecular formula is C14H13NO4S. The molecule has 0 spiro atoms. The molecule has 6 heteroatoms. The van der Waals surface area contributed by atoms with Crippen molar-refractivity contribution in [1.82, 2.24) is 4.90 Å². The SMILES string of the molecule is CCOC(=O)CN1C(=O)SC(=Cc2ccccc2)C1=O. The normalized spacial score (nSPS) is 16.9. The van der Waals surface area contributed by atoms with Crippen LogP contribution in [0.15, 0.2) is 35.2 Å². The van der Waals surface area contributed by atoms with Gasteiger partial charge in [-0.15, -0.1) is 0 Å². The lowest BCUT2D eigenvalue weighted by Gasteiger charge is -2.10. The highest BCUT2D eigenvalue weighted by Gasteiger charge is 2.36. The average Bonchev–Trinajstić information content (AvgIpc) is 2.68. The van der Waals surface area contributed by atoms with Crippen LogP contribution in [0.1, 0.15) is 12.5 Å². The van der Waals surface area contributed by atoms with E-state index in [0.717, 1.165) is 22.2 Å². The Kier molecular flexibility index (Phi) is 4.57. The van der Waals surface area contributed by atoms with Gasteiger partial charge in [-0.25, -0.2) is 0 Å². The summed E-state index contributed by atoms with van der Waals surface area (Å²) >= 11 is 0.827. The van der Waals surface area contributed by atoms with Gasteiger partial charge in [-0.3, -0.25) is 19.3 Å². The summed E-state index contributed by atoms with van der Waals surface area (Å²) in [6.07, 6.45) is 1.63. The molecule has 5 nitrogen and oxygen atoms in total. The molecular weight excluding hydrogens is 278 g/mol. The van der Waals surface area contributed by atoms with Crippen LogP contribution >= 0.6 is 11.8 Å². The lowest BCUT2D eigenvalue weighted by atomic mass is 10.2. The molecule has 0 N–H and O–H groups in total. The molecule has 104 valence electrons. The van der Waals surface area contributed by atoms with Crippen molar-refractivity contribution in [3.05, 3.63) is 40.8 Å². The topological polar surface area (TPSA) is 63.7 Å². The first-order valence-corrected chi connectivity index (χ1v) is 6.89. The molecule has 1 aromatic carbocycles. The van der Waals surface area contributed by atoms with Crippen LogP contribution < -0.4 is 0 Å². The first-order chi connectivity index (χ1) is 9.61. The predicted molar refractivity (Wildman–Crippen MR) is 75.8 cm³/mol. The molecule has 2 amide bonds. The summed E-state index contributed by atoms with van der Waals surface area (Å²) in [5, 5.41) is -0.453. The fourth-order valence-corrected chi connectivity index (χ4v) is 2.51. The van der Waals surface area contributed by atoms with Gasteiger partial charge in [0.05, 0.1) is 11.5 Å². The first kappa shape index (κ1) is 14.3. The molecule has 1 fully saturated rings. The highest BCUT2D eigenvalue weighted by Crippen LogP contribution is 2.31. The van der Waals surface area contributed by atoms with E-state index >= 15 is 0 Å². The molecule has 2 rings (SSSR count). The summed E-state index contributed by atoms with van der Waals surface area (Å²) in [5.74, 6) is -1.05. The summed E-state index contributed by atoms with van der Waals surface area (Å²) in [6.45, 7) is 1.54. The van der Waals surface area contributed by atoms with Gasteiger partial charge in [-0.1, -0.05) is 30.3 Å². The smallest absolute Gasteiger partial charge is 0.326 e. The Hall–Kier alpha value is -2.08. The Labute approximate surface area is 120 Å². The third kappa shape index (κ3) is 3.27. The van der Waals surface area contributed by atoms with E-state index in [1.807, 2.05) is 30.3 Å². The van der Waals surface area contributed by atoms with E-state index in [0.29, 0.717) is 4.91 Å². The van der Waals surface area contributed by atoms with Crippen LogP contribution in [0, 0.1) is 0 Å². The maximum Gasteiger partial charge on any atom is 0.326 e. The predicted octanol–water partition coefficient (Wildman–Crippen LogP) is 2.29. The van der Waals surface area contributed by atoms with Gasteiger partial charge in [-0.05, 0) is 30.3 Å². The standard InChI is InChI=1S/C14H13NO4S/c1-2-19-12(16)9-15-13(17)11(20-14(15)18)8-10-6-4-3-5-7-10/h3-8H,2,9H2,1H3. The molecule has 1 heterocycles. The number of hydrogen-bond acceptors (Lipinski definition) is 5. The van der Waals surface area contributed by atoms with Crippen molar-refractivity contribution in [3.8, 4) is 0 Å². The third-order valence-corrected chi connectivity index (χ3v) is 3.47. The van der Waals surface area contributed by atoms with Crippen LogP contribution in [0.3, 0.4) is 0 Å². The fraction of sp³-hybridized carbons (Fsp3) is 0.214. The van der Waals surface area contributed by atoms with E-state index < -0.39 is 17.1 Å². The summed E-state index contributed by atoms with van der Waals surface area (Å²) in [7, 11) is 0. The Morgan fingerprint density at radius 1 is 1.30 bits per heavy atom. The van der Waals surface area contributed by atoms with Gasteiger partial charge < -0.3 is 4.74 Å². The number of carbonyl (C=O) groups excluding carboxylic acids is 3. The molecule has 0 aliphatic carbocycles. The summed E-state index contributed by atoms with van der Waals surface area (Å²) < 4.78 is 4.74. The minimum Gasteiger partial charge on any atom is -0.465 e. The highest BCUT2D eigenvalue weighted by atomic mass is 32.2. The lowest BCUT2D eigenvalue weighted by Crippen LogP contribution is -2.34. The number of nitrogens with zero attached hydrogens (tertiary/aromatic N) is 1. The molecule has 1 saturated heterocycles. The Bertz CT molecular complexity index is 568. The van der Waals surface area contributed by atoms with Crippen molar-refractivity contribution in [3.63, 3.8) is 0 Å². The van der Waals surface area contributed by atoms with E-state index in [9.17, 15) is 14.4 Å². The molecule has 1 aliphatic rings. The second-order valence-electron chi connectivity index (χ2n) is 3.98. The van der Waals surface area contributed by atoms with E-state index in [1.165, 1.54) is 0 Å². The van der Waals surface area contributed by atoms with Gasteiger partial charge in [0.25, 0.3) is 11.1 Å². The Morgan fingerprint density at radius 2 is 2.00 bits per heavy atom. The summed E-state index contributed by atoms with van der Waals surface area (Å²) in [6, 6.07) is 9.21. The third-order valence-electron chi connectivity index (χ3n) is 2.56. The molecule has 1 aromatic rings. The average molecular weight is 291 g/mol. The van der Waals surface area contributed by atoms with Crippen LogP contribution in [0.4, 0.5) is 4.79 Å². The number of thioether (sulfide) groups is 1. The molecule has 0 saturated carbocycles. The van der Waals surface area contributed by atoms with Crippen molar-refractivity contribution in [1.29, 1.82) is 0 Å².